The van der Waals surface area contributed by atoms with E-state index in [4.69, 9.17) is 0 Å². The lowest BCUT2D eigenvalue weighted by Gasteiger charge is -2.11. The van der Waals surface area contributed by atoms with Crippen LogP contribution in [-0.4, -0.2) is 41.8 Å². The zero-order valence-corrected chi connectivity index (χ0v) is 14.5. The molecule has 3 aromatic heterocycles. The van der Waals surface area contributed by atoms with E-state index >= 15 is 0 Å². The van der Waals surface area contributed by atoms with Gasteiger partial charge in [0.05, 0.1) is 6.54 Å². The molecule has 0 radical (unpaired) electrons. The van der Waals surface area contributed by atoms with Crippen molar-refractivity contribution in [2.45, 2.75) is 24.7 Å². The molecule has 0 fully saturated rings. The van der Waals surface area contributed by atoms with Crippen molar-refractivity contribution < 1.29 is 8.78 Å². The van der Waals surface area contributed by atoms with Crippen molar-refractivity contribution in [3.05, 3.63) is 51.7 Å². The van der Waals surface area contributed by atoms with E-state index in [2.05, 4.69) is 21.6 Å². The second kappa shape index (κ2) is 7.20. The smallest absolute Gasteiger partial charge is 0.268 e. The summed E-state index contributed by atoms with van der Waals surface area (Å²) in [4.78, 5) is 32.8. The third-order valence-electron chi connectivity index (χ3n) is 3.52. The molecule has 0 saturated carbocycles. The van der Waals surface area contributed by atoms with Gasteiger partial charge in [0, 0.05) is 12.3 Å². The number of thioether (sulfide) groups is 1. The van der Waals surface area contributed by atoms with E-state index in [9.17, 15) is 18.4 Å². The van der Waals surface area contributed by atoms with Crippen LogP contribution >= 0.6 is 11.8 Å². The molecule has 0 aliphatic carbocycles. The first kappa shape index (κ1) is 18.0. The summed E-state index contributed by atoms with van der Waals surface area (Å²) in [6.07, 6.45) is 1.96. The highest BCUT2D eigenvalue weighted by Crippen LogP contribution is 2.16. The molecule has 0 aliphatic heterocycles. The molecule has 0 N–H and O–H groups in total. The molecular weight excluding hydrogens is 366 g/mol. The van der Waals surface area contributed by atoms with Crippen LogP contribution in [0, 0.1) is 0 Å². The van der Waals surface area contributed by atoms with Crippen molar-refractivity contribution >= 4 is 22.8 Å². The van der Waals surface area contributed by atoms with E-state index in [-0.39, 0.29) is 29.0 Å². The molecule has 0 atom stereocenters. The second-order valence-electron chi connectivity index (χ2n) is 5.18. The maximum Gasteiger partial charge on any atom is 0.278 e. The minimum absolute atomic E-state index is 0.116. The molecule has 0 spiro atoms. The summed E-state index contributed by atoms with van der Waals surface area (Å²) in [7, 11) is 0. The highest BCUT2D eigenvalue weighted by atomic mass is 32.2. The molecule has 0 unspecified atom stereocenters. The Balaban J connectivity index is 2.32. The highest BCUT2D eigenvalue weighted by molar-refractivity contribution is 7.98. The van der Waals surface area contributed by atoms with E-state index < -0.39 is 18.5 Å². The fourth-order valence-corrected chi connectivity index (χ4v) is 2.78. The molecule has 0 bridgehead atoms. The number of halogens is 2. The largest absolute Gasteiger partial charge is 0.278 e. The quantitative estimate of drug-likeness (QED) is 0.364. The Bertz CT molecular complexity index is 1090. The predicted molar refractivity (Wildman–Crippen MR) is 93.2 cm³/mol. The Morgan fingerprint density at radius 1 is 1.35 bits per heavy atom. The van der Waals surface area contributed by atoms with Gasteiger partial charge in [0.15, 0.2) is 16.6 Å². The monoisotopic (exact) mass is 380 g/mol. The number of aromatic nitrogens is 6. The molecule has 0 amide bonds. The van der Waals surface area contributed by atoms with Crippen LogP contribution in [0.2, 0.25) is 0 Å². The van der Waals surface area contributed by atoms with Gasteiger partial charge in [-0.2, -0.15) is 0 Å². The SMILES string of the molecule is C=CCn1c(=O)c2cnc(SC)nc2n1-c1ccc(=O)n(CC(F)F)n1. The lowest BCUT2D eigenvalue weighted by atomic mass is 10.4. The van der Waals surface area contributed by atoms with Crippen molar-refractivity contribution in [2.24, 2.45) is 0 Å². The number of hydrogen-bond acceptors (Lipinski definition) is 6. The van der Waals surface area contributed by atoms with Crippen molar-refractivity contribution in [1.29, 1.82) is 0 Å². The van der Waals surface area contributed by atoms with E-state index in [1.807, 2.05) is 0 Å². The third-order valence-corrected chi connectivity index (χ3v) is 4.08. The maximum atomic E-state index is 12.7. The molecule has 136 valence electrons. The van der Waals surface area contributed by atoms with Crippen LogP contribution in [0.4, 0.5) is 8.78 Å². The Morgan fingerprint density at radius 3 is 2.77 bits per heavy atom. The summed E-state index contributed by atoms with van der Waals surface area (Å²) in [5.74, 6) is 0.116. The molecule has 3 aromatic rings. The average molecular weight is 380 g/mol. The number of alkyl halides is 2. The molecule has 0 aliphatic rings. The van der Waals surface area contributed by atoms with E-state index in [0.717, 1.165) is 6.07 Å². The van der Waals surface area contributed by atoms with Crippen LogP contribution in [0.15, 0.2) is 45.7 Å². The third kappa shape index (κ3) is 3.17. The standard InChI is InChI=1S/C15H14F2N6O2S/c1-3-6-22-14(25)9-7-18-15(26-2)19-13(9)23(22)11-4-5-12(24)21(20-11)8-10(16)17/h3-5,7,10H,1,6,8H2,2H3. The van der Waals surface area contributed by atoms with Crippen LogP contribution in [0.25, 0.3) is 16.9 Å². The van der Waals surface area contributed by atoms with Gasteiger partial charge in [0.1, 0.15) is 11.9 Å². The number of allylic oxidation sites excluding steroid dienone is 1. The van der Waals surface area contributed by atoms with Crippen LogP contribution in [0.1, 0.15) is 0 Å². The lowest BCUT2D eigenvalue weighted by Crippen LogP contribution is -2.28. The van der Waals surface area contributed by atoms with Crippen LogP contribution < -0.4 is 11.1 Å². The van der Waals surface area contributed by atoms with Crippen molar-refractivity contribution in [3.8, 4) is 5.82 Å². The van der Waals surface area contributed by atoms with Crippen LogP contribution in [-0.2, 0) is 13.1 Å². The summed E-state index contributed by atoms with van der Waals surface area (Å²) in [6, 6.07) is 2.47. The minimum Gasteiger partial charge on any atom is -0.268 e. The molecule has 11 heteroatoms. The molecule has 3 rings (SSSR count). The maximum absolute atomic E-state index is 12.7. The van der Waals surface area contributed by atoms with Gasteiger partial charge in [-0.15, -0.1) is 11.7 Å². The first-order valence-corrected chi connectivity index (χ1v) is 8.69. The van der Waals surface area contributed by atoms with Crippen LogP contribution in [0.3, 0.4) is 0 Å². The number of fused-ring (bicyclic) bond motifs is 1. The Hall–Kier alpha value is -2.82. The topological polar surface area (TPSA) is 87.6 Å². The molecular formula is C15H14F2N6O2S. The second-order valence-corrected chi connectivity index (χ2v) is 5.96. The highest BCUT2D eigenvalue weighted by Gasteiger charge is 2.18. The van der Waals surface area contributed by atoms with Gasteiger partial charge in [-0.1, -0.05) is 17.8 Å². The summed E-state index contributed by atoms with van der Waals surface area (Å²) in [5.41, 5.74) is -0.769. The van der Waals surface area contributed by atoms with Gasteiger partial charge in [-0.05, 0) is 12.3 Å². The average Bonchev–Trinajstić information content (AvgIpc) is 2.88. The van der Waals surface area contributed by atoms with Crippen molar-refractivity contribution in [1.82, 2.24) is 29.1 Å². The van der Waals surface area contributed by atoms with Gasteiger partial charge in [0.2, 0.25) is 0 Å². The summed E-state index contributed by atoms with van der Waals surface area (Å²) in [6.45, 7) is 2.91. The molecule has 26 heavy (non-hydrogen) atoms. The van der Waals surface area contributed by atoms with E-state index in [0.29, 0.717) is 9.84 Å². The van der Waals surface area contributed by atoms with Gasteiger partial charge < -0.3 is 0 Å². The lowest BCUT2D eigenvalue weighted by molar-refractivity contribution is 0.119. The zero-order chi connectivity index (χ0) is 18.8. The predicted octanol–water partition coefficient (Wildman–Crippen LogP) is 1.31. The number of rotatable bonds is 6. The van der Waals surface area contributed by atoms with E-state index in [1.165, 1.54) is 39.5 Å². The normalized spacial score (nSPS) is 11.4. The first-order valence-electron chi connectivity index (χ1n) is 7.46. The van der Waals surface area contributed by atoms with Gasteiger partial charge in [0.25, 0.3) is 17.5 Å². The fraction of sp³-hybridized carbons (Fsp3) is 0.267. The Morgan fingerprint density at radius 2 is 2.12 bits per heavy atom. The van der Waals surface area contributed by atoms with Crippen molar-refractivity contribution in [2.75, 3.05) is 6.26 Å². The summed E-state index contributed by atoms with van der Waals surface area (Å²) in [5, 5.41) is 4.65. The van der Waals surface area contributed by atoms with Gasteiger partial charge in [-0.3, -0.25) is 9.59 Å². The van der Waals surface area contributed by atoms with Crippen molar-refractivity contribution in [3.63, 3.8) is 0 Å². The summed E-state index contributed by atoms with van der Waals surface area (Å²) < 4.78 is 28.7. The molecule has 8 nitrogen and oxygen atoms in total. The fourth-order valence-electron chi connectivity index (χ4n) is 2.44. The zero-order valence-electron chi connectivity index (χ0n) is 13.7. The summed E-state index contributed by atoms with van der Waals surface area (Å²) >= 11 is 1.29. The Kier molecular flexibility index (Phi) is 4.98. The van der Waals surface area contributed by atoms with Gasteiger partial charge in [-0.25, -0.2) is 32.8 Å². The van der Waals surface area contributed by atoms with Gasteiger partial charge >= 0.3 is 0 Å². The first-order chi connectivity index (χ1) is 12.5. The van der Waals surface area contributed by atoms with E-state index in [1.54, 1.807) is 6.26 Å². The molecule has 3 heterocycles. The van der Waals surface area contributed by atoms with Crippen LogP contribution in [0.5, 0.6) is 0 Å². The molecule has 0 saturated heterocycles. The minimum atomic E-state index is -2.74. The molecule has 0 aromatic carbocycles. The Labute approximate surface area is 149 Å². The number of hydrogen-bond donors (Lipinski definition) is 0. The number of nitrogens with zero attached hydrogens (tertiary/aromatic N) is 6.